The minimum Gasteiger partial charge on any atom is -0.375 e. The van der Waals surface area contributed by atoms with Crippen molar-refractivity contribution in [2.24, 2.45) is 0 Å². The molecular weight excluding hydrogens is 284 g/mol. The molecule has 0 aromatic rings. The van der Waals surface area contributed by atoms with E-state index in [4.69, 9.17) is 4.74 Å². The van der Waals surface area contributed by atoms with Crippen molar-refractivity contribution in [3.63, 3.8) is 0 Å². The number of halogens is 1. The number of morpholine rings is 1. The van der Waals surface area contributed by atoms with E-state index in [1.54, 1.807) is 0 Å². The third-order valence-electron chi connectivity index (χ3n) is 3.60. The van der Waals surface area contributed by atoms with Gasteiger partial charge < -0.3 is 15.4 Å². The van der Waals surface area contributed by atoms with E-state index in [0.29, 0.717) is 17.7 Å². The van der Waals surface area contributed by atoms with E-state index < -0.39 is 0 Å². The van der Waals surface area contributed by atoms with Gasteiger partial charge in [0, 0.05) is 24.4 Å². The van der Waals surface area contributed by atoms with Crippen LogP contribution in [-0.4, -0.2) is 48.8 Å². The highest BCUT2D eigenvalue weighted by Crippen LogP contribution is 2.29. The first kappa shape index (κ1) is 17.1. The van der Waals surface area contributed by atoms with Gasteiger partial charge in [0.25, 0.3) is 0 Å². The number of hydrogen-bond acceptors (Lipinski definition) is 4. The predicted molar refractivity (Wildman–Crippen MR) is 82.2 cm³/mol. The lowest BCUT2D eigenvalue weighted by Gasteiger charge is -2.25. The highest BCUT2D eigenvalue weighted by atomic mass is 35.5. The van der Waals surface area contributed by atoms with Crippen LogP contribution in [0, 0.1) is 0 Å². The monoisotopic (exact) mass is 308 g/mol. The van der Waals surface area contributed by atoms with Gasteiger partial charge in [-0.3, -0.25) is 4.79 Å². The molecule has 1 aliphatic heterocycles. The summed E-state index contributed by atoms with van der Waals surface area (Å²) >= 11 is 1.98. The lowest BCUT2D eigenvalue weighted by Crippen LogP contribution is -2.44. The summed E-state index contributed by atoms with van der Waals surface area (Å²) in [5, 5.41) is 7.06. The Balaban J connectivity index is 0.00000180. The first-order valence-corrected chi connectivity index (χ1v) is 8.07. The van der Waals surface area contributed by atoms with Crippen molar-refractivity contribution >= 4 is 30.1 Å². The Labute approximate surface area is 126 Å². The second kappa shape index (κ2) is 9.06. The van der Waals surface area contributed by atoms with Crippen molar-refractivity contribution in [2.75, 3.05) is 25.4 Å². The van der Waals surface area contributed by atoms with Gasteiger partial charge in [0.05, 0.1) is 19.1 Å². The number of hydrogen-bond donors (Lipinski definition) is 2. The Hall–Kier alpha value is 0.0300. The Kier molecular flexibility index (Phi) is 8.14. The van der Waals surface area contributed by atoms with E-state index in [0.717, 1.165) is 31.9 Å². The van der Waals surface area contributed by atoms with Crippen LogP contribution in [0.25, 0.3) is 0 Å². The highest BCUT2D eigenvalue weighted by Gasteiger charge is 2.29. The molecule has 2 N–H and O–H groups in total. The van der Waals surface area contributed by atoms with Crippen LogP contribution in [0.4, 0.5) is 0 Å². The molecule has 112 valence electrons. The fraction of sp³-hybridized carbons (Fsp3) is 0.923. The molecular formula is C13H25ClN2O2S. The van der Waals surface area contributed by atoms with Crippen molar-refractivity contribution in [3.05, 3.63) is 0 Å². The third-order valence-corrected chi connectivity index (χ3v) is 4.92. The molecule has 1 aliphatic carbocycles. The average Bonchev–Trinajstić information content (AvgIpc) is 2.78. The number of ether oxygens (including phenoxy) is 1. The normalized spacial score (nSPS) is 30.7. The summed E-state index contributed by atoms with van der Waals surface area (Å²) in [5.41, 5.74) is 0. The van der Waals surface area contributed by atoms with E-state index in [1.165, 1.54) is 12.8 Å². The zero-order chi connectivity index (χ0) is 12.8. The average molecular weight is 309 g/mol. The van der Waals surface area contributed by atoms with Crippen LogP contribution < -0.4 is 10.6 Å². The SMILES string of the molecule is CCSC1CCCC1NC(=O)CC1CNCCO1.Cl. The lowest BCUT2D eigenvalue weighted by atomic mass is 10.2. The molecule has 0 spiro atoms. The lowest BCUT2D eigenvalue weighted by molar-refractivity contribution is -0.125. The van der Waals surface area contributed by atoms with Crippen LogP contribution >= 0.6 is 24.2 Å². The second-order valence-corrected chi connectivity index (χ2v) is 6.52. The Morgan fingerprint density at radius 2 is 2.32 bits per heavy atom. The zero-order valence-electron chi connectivity index (χ0n) is 11.5. The first-order valence-electron chi connectivity index (χ1n) is 7.03. The van der Waals surface area contributed by atoms with E-state index >= 15 is 0 Å². The van der Waals surface area contributed by atoms with Gasteiger partial charge in [-0.25, -0.2) is 0 Å². The molecule has 3 atom stereocenters. The fourth-order valence-corrected chi connectivity index (χ4v) is 3.93. The number of rotatable bonds is 5. The van der Waals surface area contributed by atoms with Gasteiger partial charge in [-0.05, 0) is 18.6 Å². The van der Waals surface area contributed by atoms with Gasteiger partial charge in [0.1, 0.15) is 0 Å². The zero-order valence-corrected chi connectivity index (χ0v) is 13.2. The smallest absolute Gasteiger partial charge is 0.222 e. The van der Waals surface area contributed by atoms with Gasteiger partial charge in [-0.15, -0.1) is 12.4 Å². The Morgan fingerprint density at radius 1 is 1.47 bits per heavy atom. The van der Waals surface area contributed by atoms with Crippen molar-refractivity contribution in [2.45, 2.75) is 50.0 Å². The van der Waals surface area contributed by atoms with Gasteiger partial charge in [-0.1, -0.05) is 13.3 Å². The van der Waals surface area contributed by atoms with Gasteiger partial charge in [-0.2, -0.15) is 11.8 Å². The van der Waals surface area contributed by atoms with Crippen LogP contribution in [0.2, 0.25) is 0 Å². The highest BCUT2D eigenvalue weighted by molar-refractivity contribution is 7.99. The summed E-state index contributed by atoms with van der Waals surface area (Å²) in [6, 6.07) is 0.374. The summed E-state index contributed by atoms with van der Waals surface area (Å²) in [6.45, 7) is 4.60. The van der Waals surface area contributed by atoms with Crippen molar-refractivity contribution in [1.29, 1.82) is 0 Å². The van der Waals surface area contributed by atoms with Crippen LogP contribution in [0.15, 0.2) is 0 Å². The largest absolute Gasteiger partial charge is 0.375 e. The summed E-state index contributed by atoms with van der Waals surface area (Å²) in [4.78, 5) is 12.0. The van der Waals surface area contributed by atoms with Gasteiger partial charge >= 0.3 is 0 Å². The van der Waals surface area contributed by atoms with Gasteiger partial charge in [0.15, 0.2) is 0 Å². The number of amides is 1. The minimum atomic E-state index is 0. The molecule has 1 heterocycles. The van der Waals surface area contributed by atoms with Crippen molar-refractivity contribution < 1.29 is 9.53 Å². The van der Waals surface area contributed by atoms with Gasteiger partial charge in [0.2, 0.25) is 5.91 Å². The maximum atomic E-state index is 12.0. The molecule has 0 aromatic heterocycles. The predicted octanol–water partition coefficient (Wildman–Crippen LogP) is 1.58. The van der Waals surface area contributed by atoms with Crippen LogP contribution in [-0.2, 0) is 9.53 Å². The second-order valence-electron chi connectivity index (χ2n) is 5.00. The molecule has 2 aliphatic rings. The molecule has 1 amide bonds. The van der Waals surface area contributed by atoms with Crippen molar-refractivity contribution in [3.8, 4) is 0 Å². The Bertz CT molecular complexity index is 275. The van der Waals surface area contributed by atoms with Crippen molar-refractivity contribution in [1.82, 2.24) is 10.6 Å². The summed E-state index contributed by atoms with van der Waals surface area (Å²) in [5.74, 6) is 1.28. The molecule has 0 radical (unpaired) electrons. The van der Waals surface area contributed by atoms with E-state index in [2.05, 4.69) is 17.6 Å². The molecule has 0 aromatic carbocycles. The Morgan fingerprint density at radius 3 is 3.00 bits per heavy atom. The molecule has 4 nitrogen and oxygen atoms in total. The molecule has 3 unspecified atom stereocenters. The molecule has 6 heteroatoms. The van der Waals surface area contributed by atoms with E-state index in [-0.39, 0.29) is 24.4 Å². The quantitative estimate of drug-likeness (QED) is 0.809. The van der Waals surface area contributed by atoms with E-state index in [1.807, 2.05) is 11.8 Å². The standard InChI is InChI=1S/C13H24N2O2S.ClH/c1-2-18-12-5-3-4-11(12)15-13(16)8-10-9-14-6-7-17-10;/h10-12,14H,2-9H2,1H3,(H,15,16);1H. The minimum absolute atomic E-state index is 0. The number of carbonyl (C=O) groups excluding carboxylic acids is 1. The van der Waals surface area contributed by atoms with E-state index in [9.17, 15) is 4.79 Å². The number of thioether (sulfide) groups is 1. The first-order chi connectivity index (χ1) is 8.79. The molecule has 1 saturated heterocycles. The maximum Gasteiger partial charge on any atom is 0.222 e. The third kappa shape index (κ3) is 5.50. The summed E-state index contributed by atoms with van der Waals surface area (Å²) in [6.07, 6.45) is 4.16. The number of carbonyl (C=O) groups is 1. The summed E-state index contributed by atoms with van der Waals surface area (Å²) in [7, 11) is 0. The topological polar surface area (TPSA) is 50.4 Å². The fourth-order valence-electron chi connectivity index (χ4n) is 2.73. The molecule has 1 saturated carbocycles. The number of nitrogens with one attached hydrogen (secondary N) is 2. The van der Waals surface area contributed by atoms with Crippen LogP contribution in [0.1, 0.15) is 32.6 Å². The maximum absolute atomic E-state index is 12.0. The van der Waals surface area contributed by atoms with Crippen LogP contribution in [0.3, 0.4) is 0 Å². The molecule has 19 heavy (non-hydrogen) atoms. The molecule has 2 fully saturated rings. The molecule has 2 rings (SSSR count). The summed E-state index contributed by atoms with van der Waals surface area (Å²) < 4.78 is 5.56. The molecule has 0 bridgehead atoms. The van der Waals surface area contributed by atoms with Crippen LogP contribution in [0.5, 0.6) is 0 Å².